The molecule has 1 saturated heterocycles. The maximum atomic E-state index is 13.5. The van der Waals surface area contributed by atoms with E-state index in [1.807, 2.05) is 13.8 Å². The number of aromatic nitrogens is 6. The van der Waals surface area contributed by atoms with E-state index in [1.165, 1.54) is 21.4 Å². The van der Waals surface area contributed by atoms with Crippen molar-refractivity contribution < 1.29 is 18.3 Å². The Balaban J connectivity index is 1.28. The number of hydrogen-bond acceptors (Lipinski definition) is 11. The molecular weight excluding hydrogens is 548 g/mol. The minimum Gasteiger partial charge on any atom is -0.493 e. The number of anilines is 1. The van der Waals surface area contributed by atoms with E-state index >= 15 is 0 Å². The molecule has 1 aliphatic carbocycles. The van der Waals surface area contributed by atoms with Crippen LogP contribution in [-0.4, -0.2) is 73.6 Å². The highest BCUT2D eigenvalue weighted by Crippen LogP contribution is 2.44. The highest BCUT2D eigenvalue weighted by atomic mass is 32.2. The number of ether oxygens (including phenoxy) is 1. The van der Waals surface area contributed by atoms with E-state index < -0.39 is 10.0 Å². The normalized spacial score (nSPS) is 16.4. The zero-order valence-corrected chi connectivity index (χ0v) is 23.5. The van der Waals surface area contributed by atoms with E-state index in [2.05, 4.69) is 30.2 Å². The van der Waals surface area contributed by atoms with Crippen LogP contribution in [0.25, 0.3) is 22.6 Å². The Labute approximate surface area is 236 Å². The number of sulfonamides is 1. The van der Waals surface area contributed by atoms with Crippen molar-refractivity contribution in [2.75, 3.05) is 31.6 Å². The number of benzene rings is 1. The average Bonchev–Trinajstić information content (AvgIpc) is 3.82. The molecule has 1 aliphatic heterocycles. The lowest BCUT2D eigenvalue weighted by Gasteiger charge is -2.26. The van der Waals surface area contributed by atoms with Crippen LogP contribution in [0.1, 0.15) is 49.9 Å². The van der Waals surface area contributed by atoms with Crippen molar-refractivity contribution in [3.8, 4) is 17.3 Å². The fraction of sp³-hybridized carbons (Fsp3) is 0.407. The van der Waals surface area contributed by atoms with Gasteiger partial charge < -0.3 is 15.2 Å². The lowest BCUT2D eigenvalue weighted by atomic mass is 10.1. The Hall–Kier alpha value is -4.01. The Morgan fingerprint density at radius 1 is 1.07 bits per heavy atom. The summed E-state index contributed by atoms with van der Waals surface area (Å²) >= 11 is 0. The van der Waals surface area contributed by atoms with Crippen LogP contribution < -0.4 is 10.9 Å². The fourth-order valence-electron chi connectivity index (χ4n) is 4.89. The maximum Gasteiger partial charge on any atom is 0.295 e. The van der Waals surface area contributed by atoms with Crippen LogP contribution in [0, 0.1) is 0 Å². The number of hydrogen-bond donors (Lipinski definition) is 2. The van der Waals surface area contributed by atoms with Gasteiger partial charge in [-0.2, -0.15) is 4.31 Å². The van der Waals surface area contributed by atoms with Gasteiger partial charge in [-0.25, -0.2) is 33.3 Å². The van der Waals surface area contributed by atoms with Crippen molar-refractivity contribution in [1.29, 1.82) is 0 Å². The van der Waals surface area contributed by atoms with Gasteiger partial charge in [0, 0.05) is 31.6 Å². The molecule has 4 heterocycles. The van der Waals surface area contributed by atoms with E-state index in [9.17, 15) is 18.3 Å². The zero-order chi connectivity index (χ0) is 28.7. The minimum atomic E-state index is -3.59. The molecule has 0 amide bonds. The molecule has 0 bridgehead atoms. The first kappa shape index (κ1) is 27.2. The van der Waals surface area contributed by atoms with Gasteiger partial charge in [-0.15, -0.1) is 0 Å². The molecule has 3 aromatic heterocycles. The number of fused-ring (bicyclic) bond motifs is 1. The summed E-state index contributed by atoms with van der Waals surface area (Å²) in [6.07, 6.45) is 4.79. The highest BCUT2D eigenvalue weighted by Gasteiger charge is 2.31. The van der Waals surface area contributed by atoms with Crippen molar-refractivity contribution in [2.24, 2.45) is 0 Å². The monoisotopic (exact) mass is 578 g/mol. The minimum absolute atomic E-state index is 0.122. The number of nitrogens with one attached hydrogen (secondary N) is 1. The van der Waals surface area contributed by atoms with Gasteiger partial charge in [0.25, 0.3) is 5.56 Å². The number of nitrogens with zero attached hydrogens (tertiary/aromatic N) is 7. The van der Waals surface area contributed by atoms with E-state index in [-0.39, 0.29) is 46.5 Å². The first-order chi connectivity index (χ1) is 19.7. The van der Waals surface area contributed by atoms with Gasteiger partial charge in [-0.1, -0.05) is 12.1 Å². The van der Waals surface area contributed by atoms with Gasteiger partial charge in [0.05, 0.1) is 30.0 Å². The van der Waals surface area contributed by atoms with Gasteiger partial charge in [0.15, 0.2) is 17.3 Å². The summed E-state index contributed by atoms with van der Waals surface area (Å²) in [5, 5.41) is 13.6. The lowest BCUT2D eigenvalue weighted by molar-refractivity contribution is 0.0730. The smallest absolute Gasteiger partial charge is 0.295 e. The quantitative estimate of drug-likeness (QED) is 0.315. The third-order valence-electron chi connectivity index (χ3n) is 7.18. The van der Waals surface area contributed by atoms with Crippen LogP contribution >= 0.6 is 0 Å². The topological polar surface area (TPSA) is 165 Å². The van der Waals surface area contributed by atoms with Crippen LogP contribution in [0.15, 0.2) is 46.5 Å². The Morgan fingerprint density at radius 3 is 2.49 bits per heavy atom. The molecular formula is C27H30N8O5S. The second-order valence-electron chi connectivity index (χ2n) is 10.4. The van der Waals surface area contributed by atoms with Crippen molar-refractivity contribution in [3.63, 3.8) is 0 Å². The van der Waals surface area contributed by atoms with E-state index in [1.54, 1.807) is 24.3 Å². The summed E-state index contributed by atoms with van der Waals surface area (Å²) in [6, 6.07) is 6.31. The standard InChI is InChI=1S/C27H30N8O5S/c1-16(2)35-25-20(14-29-23(33-25)21-22(18-5-6-18)30-15-31-26(21)36)32-24(27(35)37)28-13-17-3-7-19(8-4-17)41(38,39)34-9-11-40-12-10-34/h3-4,7-8,14-16,18H,5-6,9-13H2,1-2H3,(H,28,32)(H,30,31,36). The van der Waals surface area contributed by atoms with Crippen molar-refractivity contribution in [1.82, 2.24) is 33.8 Å². The SMILES string of the molecule is CC(C)n1c(=O)c(NCc2ccc(S(=O)(=O)N3CCOCC3)cc2)nc2cnc(-c3c(O)ncnc3C3CC3)nc21. The molecule has 0 atom stereocenters. The number of rotatable bonds is 8. The van der Waals surface area contributed by atoms with Crippen LogP contribution in [-0.2, 0) is 21.3 Å². The van der Waals surface area contributed by atoms with Gasteiger partial charge >= 0.3 is 0 Å². The zero-order valence-electron chi connectivity index (χ0n) is 22.7. The molecule has 2 fully saturated rings. The first-order valence-corrected chi connectivity index (χ1v) is 14.9. The second kappa shape index (κ2) is 10.8. The largest absolute Gasteiger partial charge is 0.493 e. The summed E-state index contributed by atoms with van der Waals surface area (Å²) in [5.41, 5.74) is 2.23. The van der Waals surface area contributed by atoms with Crippen molar-refractivity contribution in [3.05, 3.63) is 58.4 Å². The second-order valence-corrected chi connectivity index (χ2v) is 12.3. The van der Waals surface area contributed by atoms with E-state index in [0.29, 0.717) is 48.7 Å². The Kier molecular flexibility index (Phi) is 7.13. The summed E-state index contributed by atoms with van der Waals surface area (Å²) in [4.78, 5) is 35.6. The highest BCUT2D eigenvalue weighted by molar-refractivity contribution is 7.89. The predicted octanol–water partition coefficient (Wildman–Crippen LogP) is 2.44. The predicted molar refractivity (Wildman–Crippen MR) is 150 cm³/mol. The summed E-state index contributed by atoms with van der Waals surface area (Å²) in [6.45, 7) is 5.42. The molecule has 0 unspecified atom stereocenters. The van der Waals surface area contributed by atoms with Gasteiger partial charge in [-0.05, 0) is 44.4 Å². The first-order valence-electron chi connectivity index (χ1n) is 13.5. The molecule has 1 saturated carbocycles. The van der Waals surface area contributed by atoms with E-state index in [4.69, 9.17) is 4.74 Å². The molecule has 214 valence electrons. The molecule has 4 aromatic rings. The molecule has 1 aromatic carbocycles. The molecule has 2 N–H and O–H groups in total. The molecule has 6 rings (SSSR count). The third kappa shape index (κ3) is 5.25. The van der Waals surface area contributed by atoms with E-state index in [0.717, 1.165) is 18.4 Å². The molecule has 0 radical (unpaired) electrons. The summed E-state index contributed by atoms with van der Waals surface area (Å²) in [5.74, 6) is 0.386. The number of morpholine rings is 1. The average molecular weight is 579 g/mol. The third-order valence-corrected chi connectivity index (χ3v) is 9.10. The summed E-state index contributed by atoms with van der Waals surface area (Å²) < 4.78 is 34.0. The van der Waals surface area contributed by atoms with Gasteiger partial charge in [0.2, 0.25) is 15.9 Å². The molecule has 0 spiro atoms. The van der Waals surface area contributed by atoms with Crippen LogP contribution in [0.4, 0.5) is 5.82 Å². The van der Waals surface area contributed by atoms with Crippen molar-refractivity contribution in [2.45, 2.75) is 50.1 Å². The fourth-order valence-corrected chi connectivity index (χ4v) is 6.30. The van der Waals surface area contributed by atoms with Crippen molar-refractivity contribution >= 4 is 27.0 Å². The Bertz CT molecular complexity index is 1770. The number of aromatic hydroxyl groups is 1. The van der Waals surface area contributed by atoms with Crippen LogP contribution in [0.3, 0.4) is 0 Å². The lowest BCUT2D eigenvalue weighted by Crippen LogP contribution is -2.40. The van der Waals surface area contributed by atoms with Crippen LogP contribution in [0.5, 0.6) is 5.88 Å². The molecule has 14 heteroatoms. The maximum absolute atomic E-state index is 13.5. The Morgan fingerprint density at radius 2 is 1.80 bits per heavy atom. The molecule has 2 aliphatic rings. The van der Waals surface area contributed by atoms with Crippen LogP contribution in [0.2, 0.25) is 0 Å². The summed E-state index contributed by atoms with van der Waals surface area (Å²) in [7, 11) is -3.59. The molecule has 13 nitrogen and oxygen atoms in total. The van der Waals surface area contributed by atoms with Gasteiger partial charge in [0.1, 0.15) is 17.4 Å². The molecule has 41 heavy (non-hydrogen) atoms. The van der Waals surface area contributed by atoms with Gasteiger partial charge in [-0.3, -0.25) is 9.36 Å².